The number of nitrogens with one attached hydrogen (secondary N) is 1. The van der Waals surface area contributed by atoms with Crippen molar-refractivity contribution >= 4 is 5.91 Å². The molecule has 2 aliphatic rings. The SMILES string of the molecule is N#CCCNC(=O)CN1CCN(Cc2ccc3c(c2)CCO3)CC1. The van der Waals surface area contributed by atoms with Crippen LogP contribution in [-0.2, 0) is 17.8 Å². The normalized spacial score (nSPS) is 17.8. The monoisotopic (exact) mass is 328 g/mol. The Morgan fingerprint density at radius 2 is 2.04 bits per heavy atom. The van der Waals surface area contributed by atoms with Gasteiger partial charge in [-0.05, 0) is 17.2 Å². The van der Waals surface area contributed by atoms with Crippen molar-refractivity contribution in [2.45, 2.75) is 19.4 Å². The lowest BCUT2D eigenvalue weighted by Gasteiger charge is -2.34. The van der Waals surface area contributed by atoms with Crippen molar-refractivity contribution in [2.75, 3.05) is 45.9 Å². The quantitative estimate of drug-likeness (QED) is 0.781. The first kappa shape index (κ1) is 16.7. The molecule has 0 atom stereocenters. The zero-order valence-corrected chi connectivity index (χ0v) is 14.0. The molecule has 0 saturated carbocycles. The molecule has 24 heavy (non-hydrogen) atoms. The van der Waals surface area contributed by atoms with Gasteiger partial charge in [-0.3, -0.25) is 14.6 Å². The molecule has 2 aliphatic heterocycles. The number of hydrogen-bond donors (Lipinski definition) is 1. The second-order valence-electron chi connectivity index (χ2n) is 6.35. The summed E-state index contributed by atoms with van der Waals surface area (Å²) in [6.45, 7) is 6.37. The number of hydrogen-bond acceptors (Lipinski definition) is 5. The molecule has 0 aromatic heterocycles. The van der Waals surface area contributed by atoms with Crippen molar-refractivity contribution in [2.24, 2.45) is 0 Å². The molecule has 0 radical (unpaired) electrons. The molecule has 2 heterocycles. The molecule has 6 heteroatoms. The van der Waals surface area contributed by atoms with Gasteiger partial charge in [-0.1, -0.05) is 12.1 Å². The van der Waals surface area contributed by atoms with E-state index in [2.05, 4.69) is 33.3 Å². The minimum absolute atomic E-state index is 0.0114. The third-order valence-electron chi connectivity index (χ3n) is 4.55. The molecule has 1 aromatic rings. The Labute approximate surface area is 143 Å². The number of piperazine rings is 1. The van der Waals surface area contributed by atoms with Crippen molar-refractivity contribution < 1.29 is 9.53 Å². The highest BCUT2D eigenvalue weighted by Gasteiger charge is 2.19. The van der Waals surface area contributed by atoms with E-state index in [0.717, 1.165) is 51.5 Å². The number of rotatable bonds is 6. The first-order valence-electron chi connectivity index (χ1n) is 8.57. The number of amides is 1. The highest BCUT2D eigenvalue weighted by atomic mass is 16.5. The highest BCUT2D eigenvalue weighted by Crippen LogP contribution is 2.26. The molecule has 1 amide bonds. The van der Waals surface area contributed by atoms with Crippen LogP contribution in [0.1, 0.15) is 17.5 Å². The van der Waals surface area contributed by atoms with Crippen LogP contribution in [0.3, 0.4) is 0 Å². The molecule has 0 bridgehead atoms. The van der Waals surface area contributed by atoms with Crippen LogP contribution >= 0.6 is 0 Å². The number of nitriles is 1. The molecule has 3 rings (SSSR count). The Morgan fingerprint density at radius 1 is 1.25 bits per heavy atom. The summed E-state index contributed by atoms with van der Waals surface area (Å²) < 4.78 is 5.55. The second kappa shape index (κ2) is 8.13. The molecular formula is C18H24N4O2. The number of carbonyl (C=O) groups is 1. The van der Waals surface area contributed by atoms with Gasteiger partial charge in [0.2, 0.25) is 5.91 Å². The summed E-state index contributed by atoms with van der Waals surface area (Å²) in [5.74, 6) is 1.04. The second-order valence-corrected chi connectivity index (χ2v) is 6.35. The zero-order chi connectivity index (χ0) is 16.8. The number of fused-ring (bicyclic) bond motifs is 1. The van der Waals surface area contributed by atoms with Crippen molar-refractivity contribution in [3.8, 4) is 11.8 Å². The van der Waals surface area contributed by atoms with Crippen LogP contribution in [0.25, 0.3) is 0 Å². The van der Waals surface area contributed by atoms with Gasteiger partial charge in [0.15, 0.2) is 0 Å². The Balaban J connectivity index is 1.41. The Morgan fingerprint density at radius 3 is 2.83 bits per heavy atom. The summed E-state index contributed by atoms with van der Waals surface area (Å²) >= 11 is 0. The predicted octanol–water partition coefficient (Wildman–Crippen LogP) is 0.769. The molecule has 0 aliphatic carbocycles. The van der Waals surface area contributed by atoms with Crippen molar-refractivity contribution in [1.29, 1.82) is 5.26 Å². The lowest BCUT2D eigenvalue weighted by Crippen LogP contribution is -2.49. The van der Waals surface area contributed by atoms with Gasteiger partial charge in [0, 0.05) is 45.7 Å². The number of benzene rings is 1. The van der Waals surface area contributed by atoms with Crippen LogP contribution in [0, 0.1) is 11.3 Å². The maximum Gasteiger partial charge on any atom is 0.234 e. The number of carbonyl (C=O) groups excluding carboxylic acids is 1. The fourth-order valence-corrected chi connectivity index (χ4v) is 3.22. The average molecular weight is 328 g/mol. The van der Waals surface area contributed by atoms with Crippen molar-refractivity contribution in [1.82, 2.24) is 15.1 Å². The van der Waals surface area contributed by atoms with Gasteiger partial charge in [0.25, 0.3) is 0 Å². The van der Waals surface area contributed by atoms with E-state index in [1.165, 1.54) is 11.1 Å². The summed E-state index contributed by atoms with van der Waals surface area (Å²) in [6.07, 6.45) is 1.38. The maximum absolute atomic E-state index is 11.8. The number of ether oxygens (including phenoxy) is 1. The average Bonchev–Trinajstić information content (AvgIpc) is 3.05. The molecule has 0 unspecified atom stereocenters. The molecule has 1 aromatic carbocycles. The summed E-state index contributed by atoms with van der Waals surface area (Å²) in [4.78, 5) is 16.4. The largest absolute Gasteiger partial charge is 0.493 e. The molecule has 6 nitrogen and oxygen atoms in total. The van der Waals surface area contributed by atoms with Crippen LogP contribution in [0.15, 0.2) is 18.2 Å². The van der Waals surface area contributed by atoms with Crippen molar-refractivity contribution in [3.05, 3.63) is 29.3 Å². The fourth-order valence-electron chi connectivity index (χ4n) is 3.22. The summed E-state index contributed by atoms with van der Waals surface area (Å²) in [5.41, 5.74) is 2.65. The zero-order valence-electron chi connectivity index (χ0n) is 14.0. The summed E-state index contributed by atoms with van der Waals surface area (Å²) in [5, 5.41) is 11.3. The van der Waals surface area contributed by atoms with Gasteiger partial charge in [0.1, 0.15) is 5.75 Å². The van der Waals surface area contributed by atoms with Gasteiger partial charge in [0.05, 0.1) is 25.6 Å². The molecule has 1 fully saturated rings. The van der Waals surface area contributed by atoms with Gasteiger partial charge in [-0.15, -0.1) is 0 Å². The molecule has 128 valence electrons. The van der Waals surface area contributed by atoms with E-state index in [-0.39, 0.29) is 5.91 Å². The van der Waals surface area contributed by atoms with Gasteiger partial charge < -0.3 is 10.1 Å². The molecular weight excluding hydrogens is 304 g/mol. The van der Waals surface area contributed by atoms with E-state index in [4.69, 9.17) is 10.00 Å². The van der Waals surface area contributed by atoms with E-state index in [9.17, 15) is 4.79 Å². The topological polar surface area (TPSA) is 68.6 Å². The van der Waals surface area contributed by atoms with Crippen molar-refractivity contribution in [3.63, 3.8) is 0 Å². The lowest BCUT2D eigenvalue weighted by atomic mass is 10.1. The molecule has 0 spiro atoms. The smallest absolute Gasteiger partial charge is 0.234 e. The first-order valence-corrected chi connectivity index (χ1v) is 8.57. The minimum atomic E-state index is 0.0114. The third kappa shape index (κ3) is 4.47. The van der Waals surface area contributed by atoms with Crippen LogP contribution in [0.5, 0.6) is 5.75 Å². The van der Waals surface area contributed by atoms with E-state index in [1.54, 1.807) is 0 Å². The van der Waals surface area contributed by atoms with E-state index < -0.39 is 0 Å². The molecule has 1 saturated heterocycles. The number of nitrogens with zero attached hydrogens (tertiary/aromatic N) is 3. The van der Waals surface area contributed by atoms with Gasteiger partial charge >= 0.3 is 0 Å². The Kier molecular flexibility index (Phi) is 5.68. The molecule has 1 N–H and O–H groups in total. The summed E-state index contributed by atoms with van der Waals surface area (Å²) in [6, 6.07) is 8.52. The predicted molar refractivity (Wildman–Crippen MR) is 90.6 cm³/mol. The highest BCUT2D eigenvalue weighted by molar-refractivity contribution is 5.78. The maximum atomic E-state index is 11.8. The van der Waals surface area contributed by atoms with Gasteiger partial charge in [-0.25, -0.2) is 0 Å². The van der Waals surface area contributed by atoms with E-state index >= 15 is 0 Å². The third-order valence-corrected chi connectivity index (χ3v) is 4.55. The van der Waals surface area contributed by atoms with Crippen LogP contribution in [-0.4, -0.2) is 61.6 Å². The van der Waals surface area contributed by atoms with Crippen LogP contribution in [0.4, 0.5) is 0 Å². The van der Waals surface area contributed by atoms with Crippen LogP contribution in [0.2, 0.25) is 0 Å². The van der Waals surface area contributed by atoms with Crippen LogP contribution < -0.4 is 10.1 Å². The van der Waals surface area contributed by atoms with E-state index in [0.29, 0.717) is 19.5 Å². The fraction of sp³-hybridized carbons (Fsp3) is 0.556. The van der Waals surface area contributed by atoms with Gasteiger partial charge in [-0.2, -0.15) is 5.26 Å². The Bertz CT molecular complexity index is 618. The summed E-state index contributed by atoms with van der Waals surface area (Å²) in [7, 11) is 0. The minimum Gasteiger partial charge on any atom is -0.493 e. The Hall–Kier alpha value is -2.10. The first-order chi connectivity index (χ1) is 11.7. The standard InChI is InChI=1S/C18H24N4O2/c19-5-1-6-20-18(23)14-22-9-7-21(8-10-22)13-15-2-3-17-16(12-15)4-11-24-17/h2-3,12H,1,4,6-11,13-14H2,(H,20,23). The van der Waals surface area contributed by atoms with E-state index in [1.807, 2.05) is 6.07 Å². The lowest BCUT2D eigenvalue weighted by molar-refractivity contribution is -0.122.